The standard InChI is InChI=1S/C14H17NO3S/c1-3-4-5-10-15(11-12-16)19(17,18)14-8-6-13(2)7-9-14/h3-9,12H,1,10-11H2,2H3. The molecule has 1 rings (SSSR count). The third-order valence-electron chi connectivity index (χ3n) is 2.52. The van der Waals surface area contributed by atoms with E-state index in [4.69, 9.17) is 0 Å². The van der Waals surface area contributed by atoms with E-state index >= 15 is 0 Å². The van der Waals surface area contributed by atoms with Gasteiger partial charge in [-0.25, -0.2) is 8.42 Å². The zero-order valence-electron chi connectivity index (χ0n) is 10.8. The first-order valence-electron chi connectivity index (χ1n) is 5.80. The van der Waals surface area contributed by atoms with E-state index in [-0.39, 0.29) is 18.0 Å². The van der Waals surface area contributed by atoms with Crippen molar-refractivity contribution >= 4 is 16.3 Å². The molecular formula is C14H17NO3S. The minimum atomic E-state index is -3.64. The average Bonchev–Trinajstić information content (AvgIpc) is 2.38. The van der Waals surface area contributed by atoms with E-state index in [1.807, 2.05) is 6.92 Å². The number of allylic oxidation sites excluding steroid dienone is 2. The molecule has 0 fully saturated rings. The van der Waals surface area contributed by atoms with Gasteiger partial charge < -0.3 is 4.79 Å². The highest BCUT2D eigenvalue weighted by Crippen LogP contribution is 2.15. The highest BCUT2D eigenvalue weighted by molar-refractivity contribution is 7.89. The molecule has 4 nitrogen and oxygen atoms in total. The SMILES string of the molecule is C=CC=CCN(CC=O)S(=O)(=O)c1ccc(C)cc1. The van der Waals surface area contributed by atoms with Crippen LogP contribution in [0.15, 0.2) is 54.0 Å². The summed E-state index contributed by atoms with van der Waals surface area (Å²) in [6.45, 7) is 5.36. The minimum absolute atomic E-state index is 0.140. The summed E-state index contributed by atoms with van der Waals surface area (Å²) in [4.78, 5) is 10.8. The van der Waals surface area contributed by atoms with Crippen molar-refractivity contribution in [2.45, 2.75) is 11.8 Å². The summed E-state index contributed by atoms with van der Waals surface area (Å²) in [6.07, 6.45) is 5.41. The molecule has 0 unspecified atom stereocenters. The molecule has 0 atom stereocenters. The Labute approximate surface area is 114 Å². The van der Waals surface area contributed by atoms with E-state index in [0.29, 0.717) is 6.29 Å². The Morgan fingerprint density at radius 3 is 2.37 bits per heavy atom. The molecule has 1 aromatic carbocycles. The van der Waals surface area contributed by atoms with Crippen LogP contribution >= 0.6 is 0 Å². The highest BCUT2D eigenvalue weighted by atomic mass is 32.2. The highest BCUT2D eigenvalue weighted by Gasteiger charge is 2.22. The Morgan fingerprint density at radius 1 is 1.21 bits per heavy atom. The van der Waals surface area contributed by atoms with Crippen molar-refractivity contribution in [3.05, 3.63) is 54.6 Å². The summed E-state index contributed by atoms with van der Waals surface area (Å²) in [5.74, 6) is 0. The maximum absolute atomic E-state index is 12.3. The molecule has 0 radical (unpaired) electrons. The van der Waals surface area contributed by atoms with Crippen molar-refractivity contribution in [2.75, 3.05) is 13.1 Å². The monoisotopic (exact) mass is 279 g/mol. The molecule has 0 amide bonds. The quantitative estimate of drug-likeness (QED) is 0.566. The lowest BCUT2D eigenvalue weighted by Crippen LogP contribution is -2.32. The Hall–Kier alpha value is -1.72. The first-order chi connectivity index (χ1) is 9.02. The number of aryl methyl sites for hydroxylation is 1. The Kier molecular flexibility index (Phi) is 5.66. The lowest BCUT2D eigenvalue weighted by atomic mass is 10.2. The number of carbonyl (C=O) groups is 1. The molecule has 0 N–H and O–H groups in total. The fourth-order valence-corrected chi connectivity index (χ4v) is 2.81. The Bertz CT molecular complexity index is 559. The summed E-state index contributed by atoms with van der Waals surface area (Å²) in [5.41, 5.74) is 0.979. The van der Waals surface area contributed by atoms with Crippen molar-refractivity contribution in [1.82, 2.24) is 4.31 Å². The molecule has 0 saturated carbocycles. The average molecular weight is 279 g/mol. The topological polar surface area (TPSA) is 54.5 Å². The molecule has 0 aromatic heterocycles. The second kappa shape index (κ2) is 7.01. The Morgan fingerprint density at radius 2 is 1.84 bits per heavy atom. The van der Waals surface area contributed by atoms with Gasteiger partial charge in [0.25, 0.3) is 0 Å². The predicted molar refractivity (Wildman–Crippen MR) is 75.3 cm³/mol. The first-order valence-corrected chi connectivity index (χ1v) is 7.24. The normalized spacial score (nSPS) is 11.9. The number of rotatable bonds is 7. The number of hydrogen-bond donors (Lipinski definition) is 0. The second-order valence-electron chi connectivity index (χ2n) is 3.97. The maximum atomic E-state index is 12.3. The molecular weight excluding hydrogens is 262 g/mol. The smallest absolute Gasteiger partial charge is 0.243 e. The van der Waals surface area contributed by atoms with Gasteiger partial charge in [-0.05, 0) is 19.1 Å². The van der Waals surface area contributed by atoms with Gasteiger partial charge in [-0.15, -0.1) is 0 Å². The van der Waals surface area contributed by atoms with Crippen LogP contribution < -0.4 is 0 Å². The number of sulfonamides is 1. The second-order valence-corrected chi connectivity index (χ2v) is 5.90. The molecule has 0 aliphatic rings. The lowest BCUT2D eigenvalue weighted by Gasteiger charge is -2.18. The largest absolute Gasteiger partial charge is 0.302 e. The summed E-state index contributed by atoms with van der Waals surface area (Å²) in [5, 5.41) is 0. The third kappa shape index (κ3) is 4.15. The molecule has 0 aliphatic carbocycles. The van der Waals surface area contributed by atoms with Gasteiger partial charge in [-0.2, -0.15) is 4.31 Å². The number of aldehydes is 1. The molecule has 0 aliphatic heterocycles. The molecule has 102 valence electrons. The summed E-state index contributed by atoms with van der Waals surface area (Å²) in [7, 11) is -3.64. The number of hydrogen-bond acceptors (Lipinski definition) is 3. The van der Waals surface area contributed by atoms with E-state index in [9.17, 15) is 13.2 Å². The number of benzene rings is 1. The van der Waals surface area contributed by atoms with Gasteiger partial charge in [0.2, 0.25) is 10.0 Å². The summed E-state index contributed by atoms with van der Waals surface area (Å²) >= 11 is 0. The van der Waals surface area contributed by atoms with Crippen LogP contribution in [-0.4, -0.2) is 32.1 Å². The van der Waals surface area contributed by atoms with Crippen LogP contribution in [0.3, 0.4) is 0 Å². The molecule has 0 saturated heterocycles. The maximum Gasteiger partial charge on any atom is 0.243 e. The molecule has 19 heavy (non-hydrogen) atoms. The van der Waals surface area contributed by atoms with Crippen molar-refractivity contribution in [3.63, 3.8) is 0 Å². The van der Waals surface area contributed by atoms with Crippen LogP contribution in [0.2, 0.25) is 0 Å². The minimum Gasteiger partial charge on any atom is -0.302 e. The fraction of sp³-hybridized carbons (Fsp3) is 0.214. The van der Waals surface area contributed by atoms with Crippen molar-refractivity contribution in [1.29, 1.82) is 0 Å². The molecule has 0 bridgehead atoms. The van der Waals surface area contributed by atoms with Gasteiger partial charge in [0, 0.05) is 6.54 Å². The zero-order chi connectivity index (χ0) is 14.3. The molecule has 5 heteroatoms. The number of nitrogens with zero attached hydrogens (tertiary/aromatic N) is 1. The van der Waals surface area contributed by atoms with Crippen molar-refractivity contribution in [3.8, 4) is 0 Å². The van der Waals surface area contributed by atoms with Crippen molar-refractivity contribution < 1.29 is 13.2 Å². The van der Waals surface area contributed by atoms with E-state index in [1.165, 1.54) is 0 Å². The molecule has 1 aromatic rings. The fourth-order valence-electron chi connectivity index (χ4n) is 1.49. The molecule has 0 spiro atoms. The van der Waals surface area contributed by atoms with Crippen LogP contribution in [0.4, 0.5) is 0 Å². The van der Waals surface area contributed by atoms with Crippen LogP contribution in [0.5, 0.6) is 0 Å². The van der Waals surface area contributed by atoms with Crippen LogP contribution in [0, 0.1) is 6.92 Å². The van der Waals surface area contributed by atoms with Crippen LogP contribution in [-0.2, 0) is 14.8 Å². The van der Waals surface area contributed by atoms with Crippen molar-refractivity contribution in [2.24, 2.45) is 0 Å². The van der Waals surface area contributed by atoms with Gasteiger partial charge in [-0.3, -0.25) is 0 Å². The van der Waals surface area contributed by atoms with E-state index in [0.717, 1.165) is 9.87 Å². The Balaban J connectivity index is 3.04. The van der Waals surface area contributed by atoms with Gasteiger partial charge >= 0.3 is 0 Å². The zero-order valence-corrected chi connectivity index (χ0v) is 11.6. The summed E-state index contributed by atoms with van der Waals surface area (Å²) < 4.78 is 25.8. The van der Waals surface area contributed by atoms with Gasteiger partial charge in [-0.1, -0.05) is 42.5 Å². The lowest BCUT2D eigenvalue weighted by molar-refractivity contribution is -0.108. The predicted octanol–water partition coefficient (Wildman–Crippen LogP) is 1.93. The molecule has 0 heterocycles. The third-order valence-corrected chi connectivity index (χ3v) is 4.36. The first kappa shape index (κ1) is 15.3. The van der Waals surface area contributed by atoms with E-state index in [2.05, 4.69) is 6.58 Å². The number of carbonyl (C=O) groups excluding carboxylic acids is 1. The van der Waals surface area contributed by atoms with E-state index < -0.39 is 10.0 Å². The van der Waals surface area contributed by atoms with Crippen LogP contribution in [0.1, 0.15) is 5.56 Å². The van der Waals surface area contributed by atoms with E-state index in [1.54, 1.807) is 42.5 Å². The van der Waals surface area contributed by atoms with Gasteiger partial charge in [0.05, 0.1) is 11.4 Å². The van der Waals surface area contributed by atoms with Gasteiger partial charge in [0.15, 0.2) is 0 Å². The van der Waals surface area contributed by atoms with Crippen LogP contribution in [0.25, 0.3) is 0 Å². The van der Waals surface area contributed by atoms with Gasteiger partial charge in [0.1, 0.15) is 6.29 Å². The summed E-state index contributed by atoms with van der Waals surface area (Å²) in [6, 6.07) is 6.54.